The van der Waals surface area contributed by atoms with Gasteiger partial charge < -0.3 is 20.5 Å². The van der Waals surface area contributed by atoms with E-state index in [9.17, 15) is 18.0 Å². The number of rotatable bonds is 5. The topological polar surface area (TPSA) is 73.6 Å². The van der Waals surface area contributed by atoms with Gasteiger partial charge >= 0.3 is 6.18 Å². The molecule has 158 valence electrons. The fourth-order valence-corrected chi connectivity index (χ4v) is 3.80. The van der Waals surface area contributed by atoms with E-state index in [-0.39, 0.29) is 31.0 Å². The van der Waals surface area contributed by atoms with Gasteiger partial charge in [-0.25, -0.2) is 0 Å². The van der Waals surface area contributed by atoms with E-state index >= 15 is 0 Å². The quantitative estimate of drug-likeness (QED) is 0.765. The highest BCUT2D eigenvalue weighted by molar-refractivity contribution is 5.85. The van der Waals surface area contributed by atoms with E-state index in [0.29, 0.717) is 44.6 Å². The zero-order chi connectivity index (χ0) is 19.5. The van der Waals surface area contributed by atoms with Crippen molar-refractivity contribution in [2.45, 2.75) is 49.5 Å². The van der Waals surface area contributed by atoms with Crippen molar-refractivity contribution in [2.75, 3.05) is 26.3 Å². The second-order valence-electron chi connectivity index (χ2n) is 7.25. The van der Waals surface area contributed by atoms with Crippen molar-refractivity contribution < 1.29 is 27.4 Å². The van der Waals surface area contributed by atoms with Crippen LogP contribution in [0.4, 0.5) is 13.2 Å². The zero-order valence-electron chi connectivity index (χ0n) is 15.5. The summed E-state index contributed by atoms with van der Waals surface area (Å²) in [7, 11) is 0. The lowest BCUT2D eigenvalue weighted by molar-refractivity contribution is -0.137. The summed E-state index contributed by atoms with van der Waals surface area (Å²) < 4.78 is 50.4. The molecule has 0 saturated carbocycles. The van der Waals surface area contributed by atoms with Crippen LogP contribution in [-0.2, 0) is 25.9 Å². The second-order valence-corrected chi connectivity index (χ2v) is 7.25. The normalized spacial score (nSPS) is 24.4. The molecule has 5 nitrogen and oxygen atoms in total. The predicted molar refractivity (Wildman–Crippen MR) is 100 cm³/mol. The molecule has 1 aromatic carbocycles. The number of nitrogens with one attached hydrogen (secondary N) is 1. The molecule has 9 heteroatoms. The van der Waals surface area contributed by atoms with Crippen molar-refractivity contribution >= 4 is 18.3 Å². The van der Waals surface area contributed by atoms with Crippen LogP contribution >= 0.6 is 12.4 Å². The Morgan fingerprint density at radius 2 is 1.96 bits per heavy atom. The number of carbonyl (C=O) groups excluding carboxylic acids is 1. The average molecular weight is 423 g/mol. The van der Waals surface area contributed by atoms with Crippen LogP contribution in [0.25, 0.3) is 0 Å². The van der Waals surface area contributed by atoms with E-state index in [4.69, 9.17) is 15.2 Å². The Morgan fingerprint density at radius 1 is 1.25 bits per heavy atom. The Hall–Kier alpha value is -1.35. The number of carbonyl (C=O) groups is 1. The molecule has 0 aromatic heterocycles. The van der Waals surface area contributed by atoms with E-state index < -0.39 is 23.3 Å². The Bertz CT molecular complexity index is 666. The molecule has 0 unspecified atom stereocenters. The summed E-state index contributed by atoms with van der Waals surface area (Å²) in [5, 5.41) is 2.89. The Labute approximate surface area is 168 Å². The van der Waals surface area contributed by atoms with E-state index in [2.05, 4.69) is 5.32 Å². The maximum Gasteiger partial charge on any atom is 0.416 e. The summed E-state index contributed by atoms with van der Waals surface area (Å²) in [4.78, 5) is 12.5. The first-order valence-corrected chi connectivity index (χ1v) is 9.23. The molecule has 2 aliphatic heterocycles. The SMILES string of the molecule is Cl.NC[C@H]1CC[C@@H](C(=O)NCC2(c3cccc(C(F)(F)F)c3)CCOCC2)O1. The molecule has 0 aliphatic carbocycles. The van der Waals surface area contributed by atoms with Crippen LogP contribution in [0.1, 0.15) is 36.8 Å². The van der Waals surface area contributed by atoms with E-state index in [1.54, 1.807) is 6.07 Å². The number of nitrogens with two attached hydrogens (primary N) is 1. The van der Waals surface area contributed by atoms with Gasteiger partial charge in [0.1, 0.15) is 6.10 Å². The van der Waals surface area contributed by atoms with E-state index in [1.807, 2.05) is 0 Å². The third-order valence-electron chi connectivity index (χ3n) is 5.52. The largest absolute Gasteiger partial charge is 0.416 e. The maximum absolute atomic E-state index is 13.1. The van der Waals surface area contributed by atoms with Gasteiger partial charge in [-0.05, 0) is 37.3 Å². The zero-order valence-corrected chi connectivity index (χ0v) is 16.3. The molecule has 0 radical (unpaired) electrons. The van der Waals surface area contributed by atoms with Gasteiger partial charge in [-0.1, -0.05) is 18.2 Å². The van der Waals surface area contributed by atoms with E-state index in [0.717, 1.165) is 12.5 Å². The van der Waals surface area contributed by atoms with Gasteiger partial charge in [0.15, 0.2) is 0 Å². The van der Waals surface area contributed by atoms with Gasteiger partial charge in [-0.3, -0.25) is 4.79 Å². The molecule has 0 bridgehead atoms. The highest BCUT2D eigenvalue weighted by Crippen LogP contribution is 2.38. The maximum atomic E-state index is 13.1. The van der Waals surface area contributed by atoms with Crippen molar-refractivity contribution in [3.63, 3.8) is 0 Å². The molecular weight excluding hydrogens is 397 g/mol. The number of amides is 1. The Balaban J connectivity index is 0.00000280. The smallest absolute Gasteiger partial charge is 0.381 e. The number of hydrogen-bond acceptors (Lipinski definition) is 4. The molecule has 3 N–H and O–H groups in total. The van der Waals surface area contributed by atoms with Gasteiger partial charge in [0.05, 0.1) is 11.7 Å². The number of benzene rings is 1. The summed E-state index contributed by atoms with van der Waals surface area (Å²) in [6, 6.07) is 5.37. The molecule has 1 aromatic rings. The van der Waals surface area contributed by atoms with Gasteiger partial charge in [-0.2, -0.15) is 13.2 Å². The predicted octanol–water partition coefficient (Wildman–Crippen LogP) is 2.80. The molecule has 3 rings (SSSR count). The van der Waals surface area contributed by atoms with Crippen molar-refractivity contribution in [3.05, 3.63) is 35.4 Å². The third-order valence-corrected chi connectivity index (χ3v) is 5.52. The highest BCUT2D eigenvalue weighted by Gasteiger charge is 2.39. The number of ether oxygens (including phenoxy) is 2. The van der Waals surface area contributed by atoms with Crippen molar-refractivity contribution in [1.82, 2.24) is 5.32 Å². The summed E-state index contributed by atoms with van der Waals surface area (Å²) in [5.74, 6) is -0.233. The lowest BCUT2D eigenvalue weighted by Gasteiger charge is -2.38. The first kappa shape index (κ1) is 22.9. The summed E-state index contributed by atoms with van der Waals surface area (Å²) in [6.45, 7) is 1.52. The van der Waals surface area contributed by atoms with Gasteiger partial charge in [0, 0.05) is 31.7 Å². The van der Waals surface area contributed by atoms with Crippen LogP contribution in [0, 0.1) is 0 Å². The third kappa shape index (κ3) is 5.17. The fraction of sp³-hybridized carbons (Fsp3) is 0.632. The second kappa shape index (κ2) is 9.43. The molecule has 28 heavy (non-hydrogen) atoms. The summed E-state index contributed by atoms with van der Waals surface area (Å²) in [5.41, 5.74) is 4.89. The van der Waals surface area contributed by atoms with Gasteiger partial charge in [0.25, 0.3) is 0 Å². The van der Waals surface area contributed by atoms with Crippen LogP contribution in [0.5, 0.6) is 0 Å². The van der Waals surface area contributed by atoms with Crippen LogP contribution in [0.2, 0.25) is 0 Å². The minimum Gasteiger partial charge on any atom is -0.381 e. The number of hydrogen-bond donors (Lipinski definition) is 2. The first-order chi connectivity index (χ1) is 12.8. The number of alkyl halides is 3. The lowest BCUT2D eigenvalue weighted by atomic mass is 9.73. The van der Waals surface area contributed by atoms with Crippen molar-refractivity contribution in [2.24, 2.45) is 5.73 Å². The Morgan fingerprint density at radius 3 is 2.57 bits per heavy atom. The van der Waals surface area contributed by atoms with E-state index in [1.165, 1.54) is 12.1 Å². The minimum atomic E-state index is -4.40. The molecule has 2 fully saturated rings. The summed E-state index contributed by atoms with van der Waals surface area (Å²) in [6.07, 6.45) is -2.62. The Kier molecular flexibility index (Phi) is 7.73. The summed E-state index contributed by atoms with van der Waals surface area (Å²) >= 11 is 0. The van der Waals surface area contributed by atoms with Crippen LogP contribution in [0.15, 0.2) is 24.3 Å². The van der Waals surface area contributed by atoms with Crippen LogP contribution < -0.4 is 11.1 Å². The molecule has 2 saturated heterocycles. The molecular formula is C19H26ClF3N2O3. The average Bonchev–Trinajstić information content (AvgIpc) is 3.16. The lowest BCUT2D eigenvalue weighted by Crippen LogP contribution is -2.47. The van der Waals surface area contributed by atoms with Gasteiger partial charge in [-0.15, -0.1) is 12.4 Å². The fourth-order valence-electron chi connectivity index (χ4n) is 3.80. The molecule has 1 amide bonds. The van der Waals surface area contributed by atoms with Crippen molar-refractivity contribution in [1.29, 1.82) is 0 Å². The van der Waals surface area contributed by atoms with Crippen LogP contribution in [-0.4, -0.2) is 44.4 Å². The molecule has 2 heterocycles. The van der Waals surface area contributed by atoms with Crippen molar-refractivity contribution in [3.8, 4) is 0 Å². The monoisotopic (exact) mass is 422 g/mol. The minimum absolute atomic E-state index is 0. The highest BCUT2D eigenvalue weighted by atomic mass is 35.5. The molecule has 2 atom stereocenters. The first-order valence-electron chi connectivity index (χ1n) is 9.23. The molecule has 2 aliphatic rings. The van der Waals surface area contributed by atoms with Crippen LogP contribution in [0.3, 0.4) is 0 Å². The molecule has 0 spiro atoms. The standard InChI is InChI=1S/C19H25F3N2O3.ClH/c20-19(21,22)14-3-1-2-13(10-14)18(6-8-26-9-7-18)12-24-17(25)16-5-4-15(11-23)27-16;/h1-3,10,15-16H,4-9,11-12,23H2,(H,24,25);1H/t15-,16+;/m1./s1. The van der Waals surface area contributed by atoms with Gasteiger partial charge in [0.2, 0.25) is 5.91 Å². The number of halogens is 4.